The van der Waals surface area contributed by atoms with Gasteiger partial charge >= 0.3 is 0 Å². The molecule has 1 aliphatic carbocycles. The Morgan fingerprint density at radius 2 is 1.89 bits per heavy atom. The van der Waals surface area contributed by atoms with E-state index < -0.39 is 0 Å². The minimum absolute atomic E-state index is 0.282. The highest BCUT2D eigenvalue weighted by atomic mass is 16.3. The van der Waals surface area contributed by atoms with Crippen LogP contribution >= 0.6 is 0 Å². The van der Waals surface area contributed by atoms with Crippen LogP contribution in [0, 0.1) is 5.92 Å². The molecule has 0 radical (unpaired) electrons. The fourth-order valence-corrected chi connectivity index (χ4v) is 2.92. The van der Waals surface area contributed by atoms with Crippen LogP contribution < -0.4 is 5.32 Å². The van der Waals surface area contributed by atoms with Gasteiger partial charge < -0.3 is 10.4 Å². The number of phenols is 1. The Morgan fingerprint density at radius 1 is 1.22 bits per heavy atom. The summed E-state index contributed by atoms with van der Waals surface area (Å²) in [5, 5.41) is 13.7. The summed E-state index contributed by atoms with van der Waals surface area (Å²) in [6, 6.07) is 8.59. The van der Waals surface area contributed by atoms with Crippen molar-refractivity contribution in [3.63, 3.8) is 0 Å². The largest absolute Gasteiger partial charge is 0.508 e. The van der Waals surface area contributed by atoms with Crippen molar-refractivity contribution in [1.82, 2.24) is 5.32 Å². The van der Waals surface area contributed by atoms with E-state index in [4.69, 9.17) is 0 Å². The average Bonchev–Trinajstić information content (AvgIpc) is 2.39. The van der Waals surface area contributed by atoms with Crippen LogP contribution in [-0.4, -0.2) is 11.1 Å². The van der Waals surface area contributed by atoms with Crippen molar-refractivity contribution in [3.05, 3.63) is 29.8 Å². The molecule has 0 spiro atoms. The Labute approximate surface area is 110 Å². The fraction of sp³-hybridized carbons (Fsp3) is 0.625. The van der Waals surface area contributed by atoms with Gasteiger partial charge in [-0.25, -0.2) is 0 Å². The second-order valence-corrected chi connectivity index (χ2v) is 5.64. The van der Waals surface area contributed by atoms with Gasteiger partial charge in [-0.3, -0.25) is 0 Å². The van der Waals surface area contributed by atoms with Gasteiger partial charge in [-0.2, -0.15) is 0 Å². The lowest BCUT2D eigenvalue weighted by molar-refractivity contribution is 0.282. The number of rotatable bonds is 4. The molecule has 0 aromatic heterocycles. The number of aromatic hydroxyl groups is 1. The zero-order valence-corrected chi connectivity index (χ0v) is 11.5. The van der Waals surface area contributed by atoms with Gasteiger partial charge in [0.2, 0.25) is 0 Å². The number of hydrogen-bond acceptors (Lipinski definition) is 2. The lowest BCUT2D eigenvalue weighted by Crippen LogP contribution is -2.35. The Hall–Kier alpha value is -1.02. The van der Waals surface area contributed by atoms with Crippen LogP contribution in [0.15, 0.2) is 24.3 Å². The summed E-state index contributed by atoms with van der Waals surface area (Å²) in [6.07, 6.45) is 6.21. The third-order valence-electron chi connectivity index (χ3n) is 4.17. The van der Waals surface area contributed by atoms with E-state index in [0.29, 0.717) is 11.8 Å². The topological polar surface area (TPSA) is 32.3 Å². The molecule has 0 amide bonds. The maximum Gasteiger partial charge on any atom is 0.120 e. The lowest BCUT2D eigenvalue weighted by Gasteiger charge is -2.31. The second-order valence-electron chi connectivity index (χ2n) is 5.64. The number of hydrogen-bond donors (Lipinski definition) is 2. The number of para-hydroxylation sites is 1. The first-order valence-electron chi connectivity index (χ1n) is 7.24. The van der Waals surface area contributed by atoms with Gasteiger partial charge in [-0.05, 0) is 44.1 Å². The summed E-state index contributed by atoms with van der Waals surface area (Å²) < 4.78 is 0. The van der Waals surface area contributed by atoms with Crippen molar-refractivity contribution in [1.29, 1.82) is 0 Å². The third-order valence-corrected chi connectivity index (χ3v) is 4.17. The summed E-state index contributed by atoms with van der Waals surface area (Å²) >= 11 is 0. The first-order chi connectivity index (χ1) is 8.70. The first kappa shape index (κ1) is 13.4. The molecule has 100 valence electrons. The van der Waals surface area contributed by atoms with Crippen LogP contribution in [-0.2, 0) is 0 Å². The SMILES string of the molecule is CCC(NC1CCC(C)CC1)c1ccccc1O. The van der Waals surface area contributed by atoms with Crippen molar-refractivity contribution in [3.8, 4) is 5.75 Å². The van der Waals surface area contributed by atoms with E-state index in [0.717, 1.165) is 17.9 Å². The molecule has 0 heterocycles. The van der Waals surface area contributed by atoms with E-state index in [-0.39, 0.29) is 6.04 Å². The normalized spacial score (nSPS) is 25.9. The minimum Gasteiger partial charge on any atom is -0.508 e. The predicted molar refractivity (Wildman–Crippen MR) is 75.7 cm³/mol. The molecule has 0 bridgehead atoms. The predicted octanol–water partition coefficient (Wildman–Crippen LogP) is 4.01. The van der Waals surface area contributed by atoms with Crippen molar-refractivity contribution in [2.45, 2.75) is 58.0 Å². The quantitative estimate of drug-likeness (QED) is 0.842. The van der Waals surface area contributed by atoms with Crippen LogP contribution in [0.25, 0.3) is 0 Å². The fourth-order valence-electron chi connectivity index (χ4n) is 2.92. The molecule has 2 nitrogen and oxygen atoms in total. The summed E-state index contributed by atoms with van der Waals surface area (Å²) in [5.41, 5.74) is 1.04. The molecule has 2 rings (SSSR count). The zero-order chi connectivity index (χ0) is 13.0. The molecular weight excluding hydrogens is 222 g/mol. The molecule has 1 aromatic rings. The van der Waals surface area contributed by atoms with Crippen LogP contribution in [0.2, 0.25) is 0 Å². The molecule has 1 saturated carbocycles. The second kappa shape index (κ2) is 6.24. The Kier molecular flexibility index (Phi) is 4.65. The van der Waals surface area contributed by atoms with Crippen LogP contribution in [0.3, 0.4) is 0 Å². The highest BCUT2D eigenvalue weighted by molar-refractivity contribution is 5.34. The molecule has 1 aliphatic rings. The Balaban J connectivity index is 1.99. The lowest BCUT2D eigenvalue weighted by atomic mass is 9.86. The van der Waals surface area contributed by atoms with Crippen molar-refractivity contribution < 1.29 is 5.11 Å². The average molecular weight is 247 g/mol. The smallest absolute Gasteiger partial charge is 0.120 e. The number of benzene rings is 1. The first-order valence-corrected chi connectivity index (χ1v) is 7.24. The van der Waals surface area contributed by atoms with E-state index in [1.807, 2.05) is 18.2 Å². The number of nitrogens with one attached hydrogen (secondary N) is 1. The van der Waals surface area contributed by atoms with Crippen LogP contribution in [0.5, 0.6) is 5.75 Å². The van der Waals surface area contributed by atoms with Crippen molar-refractivity contribution >= 4 is 0 Å². The van der Waals surface area contributed by atoms with Gasteiger partial charge in [0, 0.05) is 17.6 Å². The Morgan fingerprint density at radius 3 is 2.50 bits per heavy atom. The maximum absolute atomic E-state index is 9.94. The highest BCUT2D eigenvalue weighted by Crippen LogP contribution is 2.29. The number of phenolic OH excluding ortho intramolecular Hbond substituents is 1. The van der Waals surface area contributed by atoms with E-state index in [9.17, 15) is 5.11 Å². The molecule has 2 N–H and O–H groups in total. The van der Waals surface area contributed by atoms with Crippen LogP contribution in [0.4, 0.5) is 0 Å². The maximum atomic E-state index is 9.94. The van der Waals surface area contributed by atoms with Gasteiger partial charge in [0.05, 0.1) is 0 Å². The summed E-state index contributed by atoms with van der Waals surface area (Å²) in [7, 11) is 0. The summed E-state index contributed by atoms with van der Waals surface area (Å²) in [5.74, 6) is 1.30. The van der Waals surface area contributed by atoms with Gasteiger partial charge in [0.1, 0.15) is 5.75 Å². The van der Waals surface area contributed by atoms with Gasteiger partial charge in [-0.1, -0.05) is 32.0 Å². The molecule has 1 fully saturated rings. The van der Waals surface area contributed by atoms with E-state index >= 15 is 0 Å². The molecular formula is C16H25NO. The summed E-state index contributed by atoms with van der Waals surface area (Å²) in [4.78, 5) is 0. The van der Waals surface area contributed by atoms with Crippen molar-refractivity contribution in [2.24, 2.45) is 5.92 Å². The third kappa shape index (κ3) is 3.26. The Bertz CT molecular complexity index is 369. The van der Waals surface area contributed by atoms with Gasteiger partial charge in [0.15, 0.2) is 0 Å². The van der Waals surface area contributed by atoms with E-state index in [2.05, 4.69) is 19.2 Å². The molecule has 1 atom stereocenters. The molecule has 1 unspecified atom stereocenters. The highest BCUT2D eigenvalue weighted by Gasteiger charge is 2.22. The van der Waals surface area contributed by atoms with E-state index in [1.165, 1.54) is 25.7 Å². The minimum atomic E-state index is 0.282. The molecule has 0 saturated heterocycles. The van der Waals surface area contributed by atoms with Gasteiger partial charge in [-0.15, -0.1) is 0 Å². The molecule has 2 heteroatoms. The molecule has 18 heavy (non-hydrogen) atoms. The molecule has 0 aliphatic heterocycles. The standard InChI is InChI=1S/C16H25NO/c1-3-15(14-6-4-5-7-16(14)18)17-13-10-8-12(2)9-11-13/h4-7,12-13,15,17-18H,3,8-11H2,1-2H3. The van der Waals surface area contributed by atoms with E-state index in [1.54, 1.807) is 6.07 Å². The van der Waals surface area contributed by atoms with Crippen LogP contribution in [0.1, 0.15) is 57.6 Å². The molecule has 1 aromatic carbocycles. The van der Waals surface area contributed by atoms with Gasteiger partial charge in [0.25, 0.3) is 0 Å². The van der Waals surface area contributed by atoms with Crippen molar-refractivity contribution in [2.75, 3.05) is 0 Å². The monoisotopic (exact) mass is 247 g/mol. The summed E-state index contributed by atoms with van der Waals surface area (Å²) in [6.45, 7) is 4.52. The zero-order valence-electron chi connectivity index (χ0n) is 11.5.